The van der Waals surface area contributed by atoms with Gasteiger partial charge < -0.3 is 5.11 Å². The van der Waals surface area contributed by atoms with E-state index >= 15 is 0 Å². The van der Waals surface area contributed by atoms with Crippen molar-refractivity contribution < 1.29 is 9.90 Å². The minimum atomic E-state index is -0.826. The van der Waals surface area contributed by atoms with E-state index in [1.165, 1.54) is 6.42 Å². The molecule has 2 rings (SSSR count). The van der Waals surface area contributed by atoms with Gasteiger partial charge in [0, 0.05) is 0 Å². The average molecular weight is 202 g/mol. The Labute approximate surface area is 89.2 Å². The van der Waals surface area contributed by atoms with Crippen LogP contribution in [0.2, 0.25) is 0 Å². The van der Waals surface area contributed by atoms with E-state index in [1.54, 1.807) is 0 Å². The van der Waals surface area contributed by atoms with Crippen LogP contribution in [0.5, 0.6) is 0 Å². The van der Waals surface area contributed by atoms with Gasteiger partial charge in [-0.2, -0.15) is 0 Å². The number of carboxylic acids is 1. The Hall–Kier alpha value is -1.57. The van der Waals surface area contributed by atoms with Gasteiger partial charge in [-0.1, -0.05) is 42.8 Å². The minimum Gasteiger partial charge on any atom is -0.478 e. The number of carbonyl (C=O) groups is 1. The molecule has 1 N–H and O–H groups in total. The lowest BCUT2D eigenvalue weighted by Crippen LogP contribution is -2.10. The molecule has 1 aliphatic rings. The third-order valence-corrected chi connectivity index (χ3v) is 2.87. The fourth-order valence-electron chi connectivity index (χ4n) is 1.75. The van der Waals surface area contributed by atoms with E-state index in [2.05, 4.69) is 0 Å². The predicted octanol–water partition coefficient (Wildman–Crippen LogP) is 2.95. The molecule has 1 aliphatic carbocycles. The predicted molar refractivity (Wildman–Crippen MR) is 59.4 cm³/mol. The summed E-state index contributed by atoms with van der Waals surface area (Å²) in [7, 11) is 0. The third-order valence-electron chi connectivity index (χ3n) is 2.87. The lowest BCUT2D eigenvalue weighted by atomic mass is 9.83. The molecule has 1 aromatic carbocycles. The summed E-state index contributed by atoms with van der Waals surface area (Å²) in [5, 5.41) is 9.13. The first-order chi connectivity index (χ1) is 7.27. The molecule has 1 fully saturated rings. The van der Waals surface area contributed by atoms with E-state index in [1.807, 2.05) is 36.4 Å². The van der Waals surface area contributed by atoms with Gasteiger partial charge in [-0.15, -0.1) is 0 Å². The number of hydrogen-bond acceptors (Lipinski definition) is 1. The highest BCUT2D eigenvalue weighted by molar-refractivity contribution is 6.15. The maximum absolute atomic E-state index is 11.1. The van der Waals surface area contributed by atoms with Gasteiger partial charge in [0.15, 0.2) is 0 Å². The molecular weight excluding hydrogens is 188 g/mol. The maximum atomic E-state index is 11.1. The first-order valence-electron chi connectivity index (χ1n) is 5.28. The van der Waals surface area contributed by atoms with Crippen LogP contribution in [0, 0.1) is 5.92 Å². The molecule has 0 radical (unpaired) electrons. The first kappa shape index (κ1) is 9.97. The molecule has 0 amide bonds. The van der Waals surface area contributed by atoms with Gasteiger partial charge in [0.2, 0.25) is 0 Å². The Bertz CT molecular complexity index is 375. The molecular formula is C13H14O2. The Morgan fingerprint density at radius 2 is 1.93 bits per heavy atom. The quantitative estimate of drug-likeness (QED) is 0.765. The van der Waals surface area contributed by atoms with Gasteiger partial charge in [-0.3, -0.25) is 0 Å². The highest BCUT2D eigenvalue weighted by atomic mass is 16.4. The molecule has 0 spiro atoms. The number of benzene rings is 1. The lowest BCUT2D eigenvalue weighted by Gasteiger charge is -2.22. The van der Waals surface area contributed by atoms with Crippen LogP contribution in [0.3, 0.4) is 0 Å². The molecule has 0 heterocycles. The summed E-state index contributed by atoms with van der Waals surface area (Å²) in [5.41, 5.74) is 1.25. The van der Waals surface area contributed by atoms with Crippen LogP contribution in [-0.2, 0) is 4.79 Å². The molecule has 0 bridgehead atoms. The lowest BCUT2D eigenvalue weighted by molar-refractivity contribution is -0.130. The van der Waals surface area contributed by atoms with Crippen molar-refractivity contribution in [1.82, 2.24) is 0 Å². The molecule has 2 heteroatoms. The smallest absolute Gasteiger partial charge is 0.335 e. The van der Waals surface area contributed by atoms with Crippen molar-refractivity contribution in [3.8, 4) is 0 Å². The number of carboxylic acid groups (broad SMARTS) is 1. The van der Waals surface area contributed by atoms with Crippen LogP contribution in [0.1, 0.15) is 24.8 Å². The molecule has 0 atom stereocenters. The molecule has 0 aromatic heterocycles. The second kappa shape index (κ2) is 4.30. The van der Waals surface area contributed by atoms with Crippen molar-refractivity contribution in [2.75, 3.05) is 0 Å². The van der Waals surface area contributed by atoms with E-state index in [0.29, 0.717) is 11.5 Å². The summed E-state index contributed by atoms with van der Waals surface area (Å²) in [4.78, 5) is 11.1. The number of allylic oxidation sites excluding steroid dienone is 1. The second-order valence-corrected chi connectivity index (χ2v) is 3.94. The summed E-state index contributed by atoms with van der Waals surface area (Å²) >= 11 is 0. The van der Waals surface area contributed by atoms with Gasteiger partial charge in [-0.25, -0.2) is 4.79 Å². The Morgan fingerprint density at radius 3 is 2.40 bits per heavy atom. The third kappa shape index (κ3) is 2.27. The molecule has 15 heavy (non-hydrogen) atoms. The minimum absolute atomic E-state index is 0.445. The largest absolute Gasteiger partial charge is 0.478 e. The first-order valence-corrected chi connectivity index (χ1v) is 5.28. The maximum Gasteiger partial charge on any atom is 0.335 e. The van der Waals surface area contributed by atoms with Crippen LogP contribution in [0.15, 0.2) is 36.4 Å². The molecule has 0 saturated heterocycles. The van der Waals surface area contributed by atoms with Gasteiger partial charge in [0.1, 0.15) is 0 Å². The SMILES string of the molecule is O=C(O)/C(=C/C1CCC1)c1ccccc1. The van der Waals surface area contributed by atoms with Crippen LogP contribution in [-0.4, -0.2) is 11.1 Å². The number of rotatable bonds is 3. The van der Waals surface area contributed by atoms with Crippen molar-refractivity contribution in [3.63, 3.8) is 0 Å². The molecule has 1 saturated carbocycles. The standard InChI is InChI=1S/C13H14O2/c14-13(15)12(9-10-5-4-6-10)11-7-2-1-3-8-11/h1-3,7-10H,4-6H2,(H,14,15)/b12-9+. The van der Waals surface area contributed by atoms with Gasteiger partial charge in [0.05, 0.1) is 5.57 Å². The number of hydrogen-bond donors (Lipinski definition) is 1. The topological polar surface area (TPSA) is 37.3 Å². The fraction of sp³-hybridized carbons (Fsp3) is 0.308. The zero-order chi connectivity index (χ0) is 10.7. The average Bonchev–Trinajstić information content (AvgIpc) is 2.17. The van der Waals surface area contributed by atoms with Crippen molar-refractivity contribution in [2.45, 2.75) is 19.3 Å². The Balaban J connectivity index is 2.27. The second-order valence-electron chi connectivity index (χ2n) is 3.94. The van der Waals surface area contributed by atoms with Crippen molar-refractivity contribution >= 4 is 11.5 Å². The summed E-state index contributed by atoms with van der Waals surface area (Å²) < 4.78 is 0. The Morgan fingerprint density at radius 1 is 1.27 bits per heavy atom. The fourth-order valence-corrected chi connectivity index (χ4v) is 1.75. The summed E-state index contributed by atoms with van der Waals surface area (Å²) in [6, 6.07) is 9.32. The van der Waals surface area contributed by atoms with E-state index in [9.17, 15) is 4.79 Å². The highest BCUT2D eigenvalue weighted by Gasteiger charge is 2.18. The molecule has 2 nitrogen and oxygen atoms in total. The molecule has 1 aromatic rings. The van der Waals surface area contributed by atoms with Crippen molar-refractivity contribution in [1.29, 1.82) is 0 Å². The van der Waals surface area contributed by atoms with Crippen molar-refractivity contribution in [3.05, 3.63) is 42.0 Å². The molecule has 0 unspecified atom stereocenters. The van der Waals surface area contributed by atoms with Gasteiger partial charge in [0.25, 0.3) is 0 Å². The normalized spacial score (nSPS) is 17.2. The monoisotopic (exact) mass is 202 g/mol. The zero-order valence-corrected chi connectivity index (χ0v) is 8.52. The van der Waals surface area contributed by atoms with Gasteiger partial charge in [-0.05, 0) is 24.3 Å². The molecule has 0 aliphatic heterocycles. The van der Waals surface area contributed by atoms with E-state index < -0.39 is 5.97 Å². The van der Waals surface area contributed by atoms with Crippen LogP contribution in [0.4, 0.5) is 0 Å². The summed E-state index contributed by atoms with van der Waals surface area (Å²) in [5.74, 6) is -0.357. The van der Waals surface area contributed by atoms with Crippen LogP contribution < -0.4 is 0 Å². The van der Waals surface area contributed by atoms with Crippen molar-refractivity contribution in [2.24, 2.45) is 5.92 Å². The van der Waals surface area contributed by atoms with E-state index in [4.69, 9.17) is 5.11 Å². The summed E-state index contributed by atoms with van der Waals surface area (Å²) in [6.07, 6.45) is 5.39. The zero-order valence-electron chi connectivity index (χ0n) is 8.52. The van der Waals surface area contributed by atoms with Crippen LogP contribution in [0.25, 0.3) is 5.57 Å². The van der Waals surface area contributed by atoms with Gasteiger partial charge >= 0.3 is 5.97 Å². The molecule has 78 valence electrons. The number of aliphatic carboxylic acids is 1. The highest BCUT2D eigenvalue weighted by Crippen LogP contribution is 2.30. The van der Waals surface area contributed by atoms with Crippen LogP contribution >= 0.6 is 0 Å². The summed E-state index contributed by atoms with van der Waals surface area (Å²) in [6.45, 7) is 0. The van der Waals surface area contributed by atoms with E-state index in [0.717, 1.165) is 18.4 Å². The van der Waals surface area contributed by atoms with E-state index in [-0.39, 0.29) is 0 Å². The Kier molecular flexibility index (Phi) is 2.86.